The molecular formula is C26H26Cl2N2O2. The van der Waals surface area contributed by atoms with Gasteiger partial charge in [0.1, 0.15) is 6.04 Å². The van der Waals surface area contributed by atoms with Crippen LogP contribution in [0.4, 0.5) is 0 Å². The first-order valence-electron chi connectivity index (χ1n) is 10.6. The highest BCUT2D eigenvalue weighted by atomic mass is 35.5. The summed E-state index contributed by atoms with van der Waals surface area (Å²) in [7, 11) is 0. The molecule has 1 unspecified atom stereocenters. The first-order valence-corrected chi connectivity index (χ1v) is 11.3. The highest BCUT2D eigenvalue weighted by molar-refractivity contribution is 6.30. The number of amides is 2. The van der Waals surface area contributed by atoms with E-state index in [9.17, 15) is 9.59 Å². The molecule has 4 nitrogen and oxygen atoms in total. The summed E-state index contributed by atoms with van der Waals surface area (Å²) in [5.41, 5.74) is 2.49. The van der Waals surface area contributed by atoms with Crippen molar-refractivity contribution in [1.82, 2.24) is 10.2 Å². The number of nitrogens with one attached hydrogen (secondary N) is 1. The second-order valence-corrected chi connectivity index (χ2v) is 8.43. The van der Waals surface area contributed by atoms with E-state index in [2.05, 4.69) is 5.32 Å². The highest BCUT2D eigenvalue weighted by Crippen LogP contribution is 2.25. The molecule has 3 rings (SSSR count). The first-order chi connectivity index (χ1) is 15.5. The lowest BCUT2D eigenvalue weighted by Gasteiger charge is -2.32. The average Bonchev–Trinajstić information content (AvgIpc) is 2.80. The van der Waals surface area contributed by atoms with E-state index in [4.69, 9.17) is 23.2 Å². The fourth-order valence-electron chi connectivity index (χ4n) is 3.44. The van der Waals surface area contributed by atoms with Crippen molar-refractivity contribution in [2.45, 2.75) is 32.4 Å². The van der Waals surface area contributed by atoms with Gasteiger partial charge in [-0.3, -0.25) is 9.59 Å². The molecule has 0 aliphatic carbocycles. The third-order valence-electron chi connectivity index (χ3n) is 5.08. The Hall–Kier alpha value is -2.82. The van der Waals surface area contributed by atoms with Crippen LogP contribution in [0.2, 0.25) is 10.0 Å². The summed E-state index contributed by atoms with van der Waals surface area (Å²) in [5, 5.41) is 4.19. The number of rotatable bonds is 9. The van der Waals surface area contributed by atoms with E-state index in [1.54, 1.807) is 29.2 Å². The lowest BCUT2D eigenvalue weighted by molar-refractivity contribution is -0.141. The number of benzene rings is 3. The molecule has 0 spiro atoms. The van der Waals surface area contributed by atoms with E-state index in [0.29, 0.717) is 16.6 Å². The summed E-state index contributed by atoms with van der Waals surface area (Å²) in [6.45, 7) is 2.82. The molecule has 0 saturated carbocycles. The molecule has 0 radical (unpaired) electrons. The molecule has 0 fully saturated rings. The predicted octanol–water partition coefficient (Wildman–Crippen LogP) is 5.83. The van der Waals surface area contributed by atoms with E-state index in [1.807, 2.05) is 61.5 Å². The molecule has 1 N–H and O–H groups in total. The summed E-state index contributed by atoms with van der Waals surface area (Å²) < 4.78 is 0. The second-order valence-electron chi connectivity index (χ2n) is 7.56. The number of hydrogen-bond acceptors (Lipinski definition) is 2. The maximum atomic E-state index is 13.5. The van der Waals surface area contributed by atoms with Crippen molar-refractivity contribution in [1.29, 1.82) is 0 Å². The Morgan fingerprint density at radius 1 is 0.844 bits per heavy atom. The molecule has 0 aromatic heterocycles. The van der Waals surface area contributed by atoms with Gasteiger partial charge in [-0.15, -0.1) is 0 Å². The molecule has 0 heterocycles. The van der Waals surface area contributed by atoms with Crippen LogP contribution < -0.4 is 5.32 Å². The van der Waals surface area contributed by atoms with Gasteiger partial charge in [0.2, 0.25) is 11.8 Å². The van der Waals surface area contributed by atoms with Crippen molar-refractivity contribution in [2.75, 3.05) is 6.54 Å². The zero-order valence-electron chi connectivity index (χ0n) is 17.9. The second kappa shape index (κ2) is 11.7. The van der Waals surface area contributed by atoms with Gasteiger partial charge in [0.05, 0.1) is 6.42 Å². The SMILES string of the molecule is CCCNC(=O)C(c1ccccc1)N(Cc1ccc(Cl)cc1)C(=O)Cc1ccc(Cl)cc1. The fraction of sp³-hybridized carbons (Fsp3) is 0.231. The lowest BCUT2D eigenvalue weighted by Crippen LogP contribution is -2.44. The minimum absolute atomic E-state index is 0.150. The van der Waals surface area contributed by atoms with Gasteiger partial charge in [-0.2, -0.15) is 0 Å². The Balaban J connectivity index is 1.97. The number of carbonyl (C=O) groups excluding carboxylic acids is 2. The molecule has 6 heteroatoms. The van der Waals surface area contributed by atoms with Crippen LogP contribution >= 0.6 is 23.2 Å². The van der Waals surface area contributed by atoms with Gasteiger partial charge in [0.15, 0.2) is 0 Å². The number of nitrogens with zero attached hydrogens (tertiary/aromatic N) is 1. The Bertz CT molecular complexity index is 1020. The van der Waals surface area contributed by atoms with Gasteiger partial charge in [0, 0.05) is 23.1 Å². The van der Waals surface area contributed by atoms with Crippen LogP contribution in [-0.4, -0.2) is 23.3 Å². The van der Waals surface area contributed by atoms with Crippen LogP contribution in [-0.2, 0) is 22.6 Å². The van der Waals surface area contributed by atoms with Crippen molar-refractivity contribution < 1.29 is 9.59 Å². The summed E-state index contributed by atoms with van der Waals surface area (Å²) >= 11 is 12.0. The summed E-state index contributed by atoms with van der Waals surface area (Å²) in [5.74, 6) is -0.348. The standard InChI is InChI=1S/C26H26Cl2N2O2/c1-2-16-29-26(32)25(21-6-4-3-5-7-21)30(18-20-10-14-23(28)15-11-20)24(31)17-19-8-12-22(27)13-9-19/h3-15,25H,2,16-18H2,1H3,(H,29,32). The van der Waals surface area contributed by atoms with Crippen LogP contribution in [0.25, 0.3) is 0 Å². The molecule has 166 valence electrons. The quantitative estimate of drug-likeness (QED) is 0.429. The van der Waals surface area contributed by atoms with Crippen LogP contribution in [0.5, 0.6) is 0 Å². The van der Waals surface area contributed by atoms with Gasteiger partial charge in [-0.05, 0) is 47.4 Å². The van der Waals surface area contributed by atoms with Gasteiger partial charge in [-0.25, -0.2) is 0 Å². The minimum Gasteiger partial charge on any atom is -0.354 e. The van der Waals surface area contributed by atoms with Gasteiger partial charge in [-0.1, -0.05) is 84.7 Å². The smallest absolute Gasteiger partial charge is 0.247 e. The van der Waals surface area contributed by atoms with Crippen molar-refractivity contribution in [3.63, 3.8) is 0 Å². The predicted molar refractivity (Wildman–Crippen MR) is 130 cm³/mol. The van der Waals surface area contributed by atoms with Crippen molar-refractivity contribution in [3.8, 4) is 0 Å². The van der Waals surface area contributed by atoms with Crippen LogP contribution in [0.15, 0.2) is 78.9 Å². The average molecular weight is 469 g/mol. The summed E-state index contributed by atoms with van der Waals surface area (Å²) in [4.78, 5) is 28.4. The molecule has 2 amide bonds. The number of carbonyl (C=O) groups is 2. The van der Waals surface area contributed by atoms with E-state index < -0.39 is 6.04 Å². The maximum absolute atomic E-state index is 13.5. The fourth-order valence-corrected chi connectivity index (χ4v) is 3.69. The third kappa shape index (κ3) is 6.59. The normalized spacial score (nSPS) is 11.6. The summed E-state index contributed by atoms with van der Waals surface area (Å²) in [6.07, 6.45) is 0.971. The van der Waals surface area contributed by atoms with Crippen molar-refractivity contribution >= 4 is 35.0 Å². The zero-order chi connectivity index (χ0) is 22.9. The third-order valence-corrected chi connectivity index (χ3v) is 5.58. The Labute approximate surface area is 199 Å². The van der Waals surface area contributed by atoms with Gasteiger partial charge in [0.25, 0.3) is 0 Å². The van der Waals surface area contributed by atoms with Crippen LogP contribution in [0.1, 0.15) is 36.1 Å². The topological polar surface area (TPSA) is 49.4 Å². The Morgan fingerprint density at radius 3 is 1.97 bits per heavy atom. The molecular weight excluding hydrogens is 443 g/mol. The number of halogens is 2. The molecule has 3 aromatic carbocycles. The van der Waals surface area contributed by atoms with E-state index in [0.717, 1.165) is 23.1 Å². The Morgan fingerprint density at radius 2 is 1.41 bits per heavy atom. The summed E-state index contributed by atoms with van der Waals surface area (Å²) in [6, 6.07) is 23.1. The molecule has 1 atom stereocenters. The molecule has 3 aromatic rings. The molecule has 0 aliphatic rings. The monoisotopic (exact) mass is 468 g/mol. The molecule has 0 saturated heterocycles. The van der Waals surface area contributed by atoms with E-state index >= 15 is 0 Å². The van der Waals surface area contributed by atoms with Crippen LogP contribution in [0.3, 0.4) is 0 Å². The van der Waals surface area contributed by atoms with Crippen LogP contribution in [0, 0.1) is 0 Å². The van der Waals surface area contributed by atoms with Crippen molar-refractivity contribution in [2.24, 2.45) is 0 Å². The molecule has 32 heavy (non-hydrogen) atoms. The maximum Gasteiger partial charge on any atom is 0.247 e. The van der Waals surface area contributed by atoms with Crippen molar-refractivity contribution in [3.05, 3.63) is 106 Å². The molecule has 0 bridgehead atoms. The highest BCUT2D eigenvalue weighted by Gasteiger charge is 2.31. The zero-order valence-corrected chi connectivity index (χ0v) is 19.4. The number of hydrogen-bond donors (Lipinski definition) is 1. The van der Waals surface area contributed by atoms with E-state index in [1.165, 1.54) is 0 Å². The van der Waals surface area contributed by atoms with Gasteiger partial charge >= 0.3 is 0 Å². The molecule has 0 aliphatic heterocycles. The minimum atomic E-state index is -0.752. The first kappa shape index (κ1) is 23.8. The Kier molecular flexibility index (Phi) is 8.72. The van der Waals surface area contributed by atoms with E-state index in [-0.39, 0.29) is 24.8 Å². The van der Waals surface area contributed by atoms with Gasteiger partial charge < -0.3 is 10.2 Å². The largest absolute Gasteiger partial charge is 0.354 e. The lowest BCUT2D eigenvalue weighted by atomic mass is 10.0.